The minimum absolute atomic E-state index is 0.0195. The summed E-state index contributed by atoms with van der Waals surface area (Å²) in [6.07, 6.45) is 6.65. The molecule has 1 saturated heterocycles. The fourth-order valence-corrected chi connectivity index (χ4v) is 5.51. The van der Waals surface area contributed by atoms with E-state index in [1.54, 1.807) is 24.3 Å². The maximum Gasteiger partial charge on any atom is 0.235 e. The molecule has 138 valence electrons. The van der Waals surface area contributed by atoms with E-state index < -0.39 is 10.0 Å². The summed E-state index contributed by atoms with van der Waals surface area (Å²) in [5.41, 5.74) is 7.23. The zero-order valence-corrected chi connectivity index (χ0v) is 15.4. The number of hydrogen-bond acceptors (Lipinski definition) is 4. The molecule has 2 fully saturated rings. The van der Waals surface area contributed by atoms with Gasteiger partial charge in [0.15, 0.2) is 0 Å². The van der Waals surface area contributed by atoms with Gasteiger partial charge in [0.2, 0.25) is 15.9 Å². The van der Waals surface area contributed by atoms with Crippen LogP contribution < -0.4 is 15.4 Å². The highest BCUT2D eigenvalue weighted by atomic mass is 32.2. The van der Waals surface area contributed by atoms with Gasteiger partial charge in [0.25, 0.3) is 0 Å². The number of rotatable bonds is 5. The number of carbonyl (C=O) groups is 1. The number of benzene rings is 1. The van der Waals surface area contributed by atoms with Crippen LogP contribution in [-0.2, 0) is 14.8 Å². The van der Waals surface area contributed by atoms with Crippen LogP contribution in [0, 0.1) is 5.41 Å². The van der Waals surface area contributed by atoms with E-state index in [0.717, 1.165) is 25.7 Å². The molecule has 1 aromatic rings. The lowest BCUT2D eigenvalue weighted by atomic mass is 9.71. The number of nitrogens with zero attached hydrogens (tertiary/aromatic N) is 1. The van der Waals surface area contributed by atoms with E-state index in [2.05, 4.69) is 5.32 Å². The number of anilines is 2. The molecule has 25 heavy (non-hydrogen) atoms. The van der Waals surface area contributed by atoms with Crippen LogP contribution in [0.15, 0.2) is 24.3 Å². The van der Waals surface area contributed by atoms with Gasteiger partial charge in [-0.25, -0.2) is 8.42 Å². The lowest BCUT2D eigenvalue weighted by molar-refractivity contribution is -0.118. The molecule has 1 aliphatic heterocycles. The van der Waals surface area contributed by atoms with E-state index in [1.165, 1.54) is 10.7 Å². The number of hydrogen-bond donors (Lipinski definition) is 2. The Hall–Kier alpha value is -1.60. The largest absolute Gasteiger partial charge is 0.330 e. The minimum atomic E-state index is -3.17. The molecule has 0 aromatic heterocycles. The first-order chi connectivity index (χ1) is 11.9. The third kappa shape index (κ3) is 4.15. The predicted octanol–water partition coefficient (Wildman–Crippen LogP) is 2.46. The van der Waals surface area contributed by atoms with Crippen molar-refractivity contribution in [2.45, 2.75) is 44.9 Å². The van der Waals surface area contributed by atoms with Crippen LogP contribution in [0.4, 0.5) is 11.4 Å². The molecule has 0 unspecified atom stereocenters. The highest BCUT2D eigenvalue weighted by molar-refractivity contribution is 7.93. The lowest BCUT2D eigenvalue weighted by Crippen LogP contribution is -2.36. The average Bonchev–Trinajstić information content (AvgIpc) is 2.95. The van der Waals surface area contributed by atoms with Crippen molar-refractivity contribution in [3.8, 4) is 0 Å². The maximum absolute atomic E-state index is 12.4. The summed E-state index contributed by atoms with van der Waals surface area (Å²) in [7, 11) is -3.17. The number of nitrogens with one attached hydrogen (secondary N) is 1. The Morgan fingerprint density at radius 2 is 1.80 bits per heavy atom. The van der Waals surface area contributed by atoms with Crippen molar-refractivity contribution in [3.05, 3.63) is 24.3 Å². The van der Waals surface area contributed by atoms with Gasteiger partial charge in [-0.1, -0.05) is 19.3 Å². The second-order valence-electron chi connectivity index (χ2n) is 7.28. The van der Waals surface area contributed by atoms with Crippen LogP contribution in [0.5, 0.6) is 0 Å². The second-order valence-corrected chi connectivity index (χ2v) is 9.29. The third-order valence-corrected chi connectivity index (χ3v) is 7.29. The Kier molecular flexibility index (Phi) is 5.34. The zero-order chi connectivity index (χ0) is 17.9. The number of sulfonamides is 1. The van der Waals surface area contributed by atoms with Gasteiger partial charge in [-0.05, 0) is 55.5 Å². The molecule has 1 aliphatic carbocycles. The highest BCUT2D eigenvalue weighted by Gasteiger charge is 2.33. The number of nitrogens with two attached hydrogens (primary N) is 1. The van der Waals surface area contributed by atoms with Crippen molar-refractivity contribution >= 4 is 27.3 Å². The molecule has 0 atom stereocenters. The van der Waals surface area contributed by atoms with Crippen LogP contribution in [0.2, 0.25) is 0 Å². The van der Waals surface area contributed by atoms with Gasteiger partial charge in [0.1, 0.15) is 0 Å². The molecule has 0 radical (unpaired) electrons. The Bertz CT molecular complexity index is 710. The molecule has 1 heterocycles. The van der Waals surface area contributed by atoms with E-state index in [0.29, 0.717) is 37.3 Å². The molecule has 3 N–H and O–H groups in total. The summed E-state index contributed by atoms with van der Waals surface area (Å²) in [4.78, 5) is 12.4. The summed E-state index contributed by atoms with van der Waals surface area (Å²) in [6.45, 7) is 1.07. The monoisotopic (exact) mass is 365 g/mol. The summed E-state index contributed by atoms with van der Waals surface area (Å²) in [5.74, 6) is 0.182. The van der Waals surface area contributed by atoms with Crippen LogP contribution >= 0.6 is 0 Å². The topological polar surface area (TPSA) is 92.5 Å². The fourth-order valence-electron chi connectivity index (χ4n) is 3.94. The van der Waals surface area contributed by atoms with Gasteiger partial charge in [-0.3, -0.25) is 9.10 Å². The van der Waals surface area contributed by atoms with Gasteiger partial charge in [-0.15, -0.1) is 0 Å². The van der Waals surface area contributed by atoms with Crippen molar-refractivity contribution in [1.82, 2.24) is 0 Å². The van der Waals surface area contributed by atoms with Gasteiger partial charge in [-0.2, -0.15) is 0 Å². The molecule has 3 rings (SSSR count). The van der Waals surface area contributed by atoms with E-state index in [4.69, 9.17) is 5.73 Å². The number of carbonyl (C=O) groups excluding carboxylic acids is 1. The zero-order valence-electron chi connectivity index (χ0n) is 14.5. The summed E-state index contributed by atoms with van der Waals surface area (Å²) in [5, 5.41) is 2.92. The van der Waals surface area contributed by atoms with E-state index >= 15 is 0 Å². The molecule has 1 aromatic carbocycles. The molecule has 2 aliphatic rings. The van der Waals surface area contributed by atoms with Crippen LogP contribution in [0.3, 0.4) is 0 Å². The van der Waals surface area contributed by atoms with Crippen molar-refractivity contribution in [1.29, 1.82) is 0 Å². The first-order valence-corrected chi connectivity index (χ1v) is 10.7. The van der Waals surface area contributed by atoms with E-state index in [-0.39, 0.29) is 17.1 Å². The Labute approximate surface area is 149 Å². The number of amides is 1. The lowest BCUT2D eigenvalue weighted by Gasteiger charge is -2.35. The van der Waals surface area contributed by atoms with Crippen LogP contribution in [0.1, 0.15) is 44.9 Å². The van der Waals surface area contributed by atoms with Crippen molar-refractivity contribution in [2.24, 2.45) is 11.1 Å². The first-order valence-electron chi connectivity index (χ1n) is 9.05. The average molecular weight is 365 g/mol. The van der Waals surface area contributed by atoms with Crippen molar-refractivity contribution in [3.63, 3.8) is 0 Å². The van der Waals surface area contributed by atoms with Gasteiger partial charge < -0.3 is 11.1 Å². The predicted molar refractivity (Wildman–Crippen MR) is 100 cm³/mol. The molecular formula is C18H27N3O3S. The summed E-state index contributed by atoms with van der Waals surface area (Å²) >= 11 is 0. The van der Waals surface area contributed by atoms with Crippen LogP contribution in [0.25, 0.3) is 0 Å². The Balaban J connectivity index is 1.62. The van der Waals surface area contributed by atoms with Crippen LogP contribution in [-0.4, -0.2) is 33.2 Å². The van der Waals surface area contributed by atoms with E-state index in [9.17, 15) is 13.2 Å². The molecule has 0 spiro atoms. The third-order valence-electron chi connectivity index (χ3n) is 5.42. The maximum atomic E-state index is 12.4. The summed E-state index contributed by atoms with van der Waals surface area (Å²) in [6, 6.07) is 7.02. The minimum Gasteiger partial charge on any atom is -0.330 e. The Morgan fingerprint density at radius 1 is 1.12 bits per heavy atom. The molecule has 1 saturated carbocycles. The van der Waals surface area contributed by atoms with Crippen molar-refractivity contribution < 1.29 is 13.2 Å². The second kappa shape index (κ2) is 7.33. The van der Waals surface area contributed by atoms with Gasteiger partial charge in [0, 0.05) is 18.7 Å². The smallest absolute Gasteiger partial charge is 0.235 e. The molecule has 6 nitrogen and oxygen atoms in total. The fraction of sp³-hybridized carbons (Fsp3) is 0.611. The quantitative estimate of drug-likeness (QED) is 0.838. The molecular weight excluding hydrogens is 338 g/mol. The molecule has 1 amide bonds. The SMILES string of the molecule is NCC1(CC(=O)Nc2ccc(N3CCCS3(=O)=O)cc2)CCCCC1. The normalized spacial score (nSPS) is 21.9. The van der Waals surface area contributed by atoms with Gasteiger partial charge in [0.05, 0.1) is 11.4 Å². The molecule has 0 bridgehead atoms. The Morgan fingerprint density at radius 3 is 2.36 bits per heavy atom. The van der Waals surface area contributed by atoms with Crippen molar-refractivity contribution in [2.75, 3.05) is 28.5 Å². The molecule has 7 heteroatoms. The standard InChI is InChI=1S/C18H27N3O3S/c19-14-18(9-2-1-3-10-18)13-17(22)20-15-5-7-16(8-6-15)21-11-4-12-25(21,23)24/h5-8H,1-4,9-14,19H2,(H,20,22). The summed E-state index contributed by atoms with van der Waals surface area (Å²) < 4.78 is 25.4. The van der Waals surface area contributed by atoms with E-state index in [1.807, 2.05) is 0 Å². The first kappa shape index (κ1) is 18.2. The van der Waals surface area contributed by atoms with Gasteiger partial charge >= 0.3 is 0 Å². The highest BCUT2D eigenvalue weighted by Crippen LogP contribution is 2.38.